The van der Waals surface area contributed by atoms with Crippen LogP contribution in [0.25, 0.3) is 0 Å². The number of ketones is 1. The molecule has 0 rings (SSSR count). The zero-order valence-corrected chi connectivity index (χ0v) is 9.60. The first-order valence-corrected chi connectivity index (χ1v) is 7.66. The average Bonchev–Trinajstić information content (AvgIpc) is 1.82. The highest BCUT2D eigenvalue weighted by Crippen LogP contribution is 2.12. The summed E-state index contributed by atoms with van der Waals surface area (Å²) in [4.78, 5) is 10.8. The fraction of sp³-hybridized carbons (Fsp3) is 0.667. The molecule has 0 bridgehead atoms. The summed E-state index contributed by atoms with van der Waals surface area (Å²) >= 11 is 0. The van der Waals surface area contributed by atoms with Crippen LogP contribution in [0.1, 0.15) is 20.3 Å². The van der Waals surface area contributed by atoms with E-state index in [0.29, 0.717) is 0 Å². The maximum atomic E-state index is 10.8. The smallest absolute Gasteiger partial charge is 0.241 e. The van der Waals surface area contributed by atoms with Crippen molar-refractivity contribution in [2.45, 2.75) is 39.9 Å². The van der Waals surface area contributed by atoms with Crippen LogP contribution < -0.4 is 0 Å². The number of hydrogen-bond donors (Lipinski definition) is 0. The van der Waals surface area contributed by atoms with Crippen molar-refractivity contribution in [2.24, 2.45) is 0 Å². The molecule has 0 aromatic heterocycles. The summed E-state index contributed by atoms with van der Waals surface area (Å²) in [7, 11) is -1.53. The lowest BCUT2D eigenvalue weighted by molar-refractivity contribution is -0.112. The lowest BCUT2D eigenvalue weighted by Crippen LogP contribution is -2.24. The highest BCUT2D eigenvalue weighted by Gasteiger charge is 2.16. The Morgan fingerprint density at radius 2 is 1.92 bits per heavy atom. The first-order chi connectivity index (χ1) is 5.35. The third-order valence-electron chi connectivity index (χ3n) is 1.15. The standard InChI is InChI=1S/C9H18O2Si/c1-6-9(7-8(2)10)11-12(3,4)5/h7H,6H2,1-5H3. The van der Waals surface area contributed by atoms with Gasteiger partial charge in [-0.2, -0.15) is 0 Å². The van der Waals surface area contributed by atoms with E-state index >= 15 is 0 Å². The molecule has 0 radical (unpaired) electrons. The van der Waals surface area contributed by atoms with Gasteiger partial charge in [-0.05, 0) is 26.6 Å². The van der Waals surface area contributed by atoms with Gasteiger partial charge in [0.05, 0.1) is 5.76 Å². The van der Waals surface area contributed by atoms with E-state index in [2.05, 4.69) is 19.6 Å². The minimum atomic E-state index is -1.53. The maximum Gasteiger partial charge on any atom is 0.241 e. The van der Waals surface area contributed by atoms with Crippen LogP contribution in [0.4, 0.5) is 0 Å². The van der Waals surface area contributed by atoms with Crippen LogP contribution in [0.3, 0.4) is 0 Å². The van der Waals surface area contributed by atoms with Crippen molar-refractivity contribution >= 4 is 14.1 Å². The Hall–Kier alpha value is -0.573. The van der Waals surface area contributed by atoms with E-state index in [1.54, 1.807) is 13.0 Å². The summed E-state index contributed by atoms with van der Waals surface area (Å²) in [5, 5.41) is 0. The van der Waals surface area contributed by atoms with Crippen molar-refractivity contribution in [1.82, 2.24) is 0 Å². The molecule has 0 heterocycles. The van der Waals surface area contributed by atoms with Gasteiger partial charge in [0.1, 0.15) is 0 Å². The zero-order valence-electron chi connectivity index (χ0n) is 8.60. The molecule has 0 saturated carbocycles. The molecule has 0 aromatic carbocycles. The van der Waals surface area contributed by atoms with Crippen molar-refractivity contribution in [3.63, 3.8) is 0 Å². The average molecular weight is 186 g/mol. The van der Waals surface area contributed by atoms with E-state index in [1.807, 2.05) is 6.92 Å². The number of hydrogen-bond acceptors (Lipinski definition) is 2. The van der Waals surface area contributed by atoms with E-state index in [-0.39, 0.29) is 5.78 Å². The van der Waals surface area contributed by atoms with E-state index in [1.165, 1.54) is 0 Å². The van der Waals surface area contributed by atoms with Crippen LogP contribution in [-0.4, -0.2) is 14.1 Å². The maximum absolute atomic E-state index is 10.8. The van der Waals surface area contributed by atoms with Gasteiger partial charge in [-0.3, -0.25) is 4.79 Å². The Bertz CT molecular complexity index is 189. The topological polar surface area (TPSA) is 26.3 Å². The normalized spacial score (nSPS) is 12.9. The van der Waals surface area contributed by atoms with Gasteiger partial charge in [0.2, 0.25) is 8.32 Å². The van der Waals surface area contributed by atoms with Crippen LogP contribution in [0, 0.1) is 0 Å². The summed E-state index contributed by atoms with van der Waals surface area (Å²) in [5.41, 5.74) is 0. The third-order valence-corrected chi connectivity index (χ3v) is 2.02. The van der Waals surface area contributed by atoms with E-state index in [9.17, 15) is 4.79 Å². The van der Waals surface area contributed by atoms with Crippen LogP contribution in [0.15, 0.2) is 11.8 Å². The van der Waals surface area contributed by atoms with Gasteiger partial charge >= 0.3 is 0 Å². The number of carbonyl (C=O) groups is 1. The summed E-state index contributed by atoms with van der Waals surface area (Å²) in [6, 6.07) is 0. The molecule has 0 N–H and O–H groups in total. The van der Waals surface area contributed by atoms with E-state index in [0.717, 1.165) is 12.2 Å². The van der Waals surface area contributed by atoms with Gasteiger partial charge in [0.25, 0.3) is 0 Å². The molecule has 0 spiro atoms. The summed E-state index contributed by atoms with van der Waals surface area (Å²) < 4.78 is 5.68. The summed E-state index contributed by atoms with van der Waals surface area (Å²) in [5.74, 6) is 0.881. The Morgan fingerprint density at radius 1 is 1.42 bits per heavy atom. The van der Waals surface area contributed by atoms with Gasteiger partial charge in [0.15, 0.2) is 5.78 Å². The minimum absolute atomic E-state index is 0.0603. The molecule has 0 amide bonds. The number of allylic oxidation sites excluding steroid dienone is 2. The van der Waals surface area contributed by atoms with Gasteiger partial charge in [0, 0.05) is 12.5 Å². The monoisotopic (exact) mass is 186 g/mol. The zero-order chi connectivity index (χ0) is 9.78. The Kier molecular flexibility index (Phi) is 4.24. The van der Waals surface area contributed by atoms with E-state index in [4.69, 9.17) is 4.43 Å². The molecule has 3 heteroatoms. The van der Waals surface area contributed by atoms with Gasteiger partial charge in [-0.25, -0.2) is 0 Å². The van der Waals surface area contributed by atoms with Crippen LogP contribution >= 0.6 is 0 Å². The van der Waals surface area contributed by atoms with Crippen molar-refractivity contribution in [2.75, 3.05) is 0 Å². The molecule has 12 heavy (non-hydrogen) atoms. The van der Waals surface area contributed by atoms with Gasteiger partial charge in [-0.1, -0.05) is 6.92 Å². The first-order valence-electron chi connectivity index (χ1n) is 4.25. The molecule has 0 fully saturated rings. The largest absolute Gasteiger partial charge is 0.547 e. The van der Waals surface area contributed by atoms with Crippen molar-refractivity contribution in [1.29, 1.82) is 0 Å². The quantitative estimate of drug-likeness (QED) is 0.383. The fourth-order valence-corrected chi connectivity index (χ4v) is 1.81. The van der Waals surface area contributed by atoms with Crippen molar-refractivity contribution in [3.05, 3.63) is 11.8 Å². The Morgan fingerprint density at radius 3 is 2.17 bits per heavy atom. The SMILES string of the molecule is CCC(=CC(C)=O)O[Si](C)(C)C. The van der Waals surface area contributed by atoms with Crippen LogP contribution in [0.2, 0.25) is 19.6 Å². The molecule has 0 aromatic rings. The van der Waals surface area contributed by atoms with E-state index < -0.39 is 8.32 Å². The van der Waals surface area contributed by atoms with Crippen LogP contribution in [0.5, 0.6) is 0 Å². The number of carbonyl (C=O) groups excluding carboxylic acids is 1. The van der Waals surface area contributed by atoms with Crippen LogP contribution in [-0.2, 0) is 9.22 Å². The van der Waals surface area contributed by atoms with Crippen molar-refractivity contribution in [3.8, 4) is 0 Å². The Balaban J connectivity index is 4.28. The second kappa shape index (κ2) is 4.45. The van der Waals surface area contributed by atoms with Gasteiger partial charge < -0.3 is 4.43 Å². The van der Waals surface area contributed by atoms with Crippen molar-refractivity contribution < 1.29 is 9.22 Å². The molecule has 70 valence electrons. The molecular formula is C9H18O2Si. The molecular weight excluding hydrogens is 168 g/mol. The highest BCUT2D eigenvalue weighted by molar-refractivity contribution is 6.70. The fourth-order valence-electron chi connectivity index (χ4n) is 0.824. The minimum Gasteiger partial charge on any atom is -0.547 e. The third kappa shape index (κ3) is 6.16. The Labute approximate surface area is 75.7 Å². The molecule has 0 atom stereocenters. The molecule has 2 nitrogen and oxygen atoms in total. The van der Waals surface area contributed by atoms with Gasteiger partial charge in [-0.15, -0.1) is 0 Å². The molecule has 0 aliphatic rings. The molecule has 0 aliphatic heterocycles. The second-order valence-electron chi connectivity index (χ2n) is 3.79. The molecule has 0 aliphatic carbocycles. The lowest BCUT2D eigenvalue weighted by atomic mass is 10.3. The predicted octanol–water partition coefficient (Wildman–Crippen LogP) is 2.72. The number of rotatable bonds is 4. The lowest BCUT2D eigenvalue weighted by Gasteiger charge is -2.20. The summed E-state index contributed by atoms with van der Waals surface area (Å²) in [6.07, 6.45) is 2.38. The summed E-state index contributed by atoms with van der Waals surface area (Å²) in [6.45, 7) is 9.86. The highest BCUT2D eigenvalue weighted by atomic mass is 28.4. The predicted molar refractivity (Wildman–Crippen MR) is 53.5 cm³/mol. The first kappa shape index (κ1) is 11.4. The molecule has 0 unspecified atom stereocenters. The second-order valence-corrected chi connectivity index (χ2v) is 8.22. The molecule has 0 saturated heterocycles.